The summed E-state index contributed by atoms with van der Waals surface area (Å²) >= 11 is 0. The lowest BCUT2D eigenvalue weighted by Gasteiger charge is -2.47. The third-order valence-corrected chi connectivity index (χ3v) is 3.01. The first-order valence-corrected chi connectivity index (χ1v) is 4.68. The predicted molar refractivity (Wildman–Crippen MR) is 44.9 cm³/mol. The largest absolute Gasteiger partial charge is 0.481 e. The van der Waals surface area contributed by atoms with Gasteiger partial charge in [-0.15, -0.1) is 0 Å². The predicted octanol–water partition coefficient (Wildman–Crippen LogP) is 0.803. The number of hydrogen-bond donors (Lipinski definition) is 1. The first-order chi connectivity index (χ1) is 5.74. The van der Waals surface area contributed by atoms with Crippen molar-refractivity contribution in [2.45, 2.75) is 19.3 Å². The molecule has 2 aliphatic heterocycles. The molecule has 0 aromatic heterocycles. The maximum Gasteiger partial charge on any atom is 0.304 e. The average Bonchev–Trinajstić information content (AvgIpc) is 2.00. The molecule has 1 N–H and O–H groups in total. The van der Waals surface area contributed by atoms with Crippen LogP contribution < -0.4 is 0 Å². The third kappa shape index (κ3) is 1.61. The van der Waals surface area contributed by atoms with E-state index in [0.717, 1.165) is 31.5 Å². The highest BCUT2D eigenvalue weighted by molar-refractivity contribution is 5.66. The van der Waals surface area contributed by atoms with Gasteiger partial charge in [0.25, 0.3) is 0 Å². The van der Waals surface area contributed by atoms with E-state index in [1.165, 1.54) is 12.8 Å². The minimum atomic E-state index is -0.672. The fourth-order valence-corrected chi connectivity index (χ4v) is 2.41. The van der Waals surface area contributed by atoms with Crippen molar-refractivity contribution in [1.82, 2.24) is 4.90 Å². The van der Waals surface area contributed by atoms with Crippen LogP contribution in [0.2, 0.25) is 0 Å². The third-order valence-electron chi connectivity index (χ3n) is 3.01. The molecule has 2 heterocycles. The van der Waals surface area contributed by atoms with Crippen LogP contribution >= 0.6 is 0 Å². The van der Waals surface area contributed by atoms with E-state index >= 15 is 0 Å². The van der Waals surface area contributed by atoms with Crippen LogP contribution in [0.4, 0.5) is 0 Å². The molecule has 12 heavy (non-hydrogen) atoms. The Kier molecular flexibility index (Phi) is 2.05. The Balaban J connectivity index is 1.72. The number of nitrogens with zero attached hydrogens (tertiary/aromatic N) is 1. The van der Waals surface area contributed by atoms with Crippen LogP contribution in [0.1, 0.15) is 19.3 Å². The van der Waals surface area contributed by atoms with Crippen LogP contribution in [-0.4, -0.2) is 35.6 Å². The molecule has 2 saturated heterocycles. The van der Waals surface area contributed by atoms with E-state index in [1.807, 2.05) is 0 Å². The molecule has 2 bridgehead atoms. The summed E-state index contributed by atoms with van der Waals surface area (Å²) in [4.78, 5) is 12.6. The van der Waals surface area contributed by atoms with Crippen LogP contribution in [0.5, 0.6) is 0 Å². The highest BCUT2D eigenvalue weighted by Crippen LogP contribution is 2.39. The summed E-state index contributed by atoms with van der Waals surface area (Å²) < 4.78 is 0. The van der Waals surface area contributed by atoms with Crippen molar-refractivity contribution in [2.24, 2.45) is 11.8 Å². The second-order valence-corrected chi connectivity index (χ2v) is 4.11. The summed E-state index contributed by atoms with van der Waals surface area (Å²) in [7, 11) is 0. The van der Waals surface area contributed by atoms with Crippen molar-refractivity contribution < 1.29 is 9.90 Å². The summed E-state index contributed by atoms with van der Waals surface area (Å²) in [5.41, 5.74) is 0. The van der Waals surface area contributed by atoms with Gasteiger partial charge in [0, 0.05) is 19.6 Å². The minimum Gasteiger partial charge on any atom is -0.481 e. The Hall–Kier alpha value is -0.570. The molecule has 0 radical (unpaired) electrons. The second-order valence-electron chi connectivity index (χ2n) is 4.11. The van der Waals surface area contributed by atoms with Crippen LogP contribution in [-0.2, 0) is 4.79 Å². The zero-order valence-corrected chi connectivity index (χ0v) is 7.20. The highest BCUT2D eigenvalue weighted by atomic mass is 16.4. The fraction of sp³-hybridized carbons (Fsp3) is 0.889. The molecule has 0 amide bonds. The molecule has 0 atom stereocenters. The van der Waals surface area contributed by atoms with E-state index in [-0.39, 0.29) is 0 Å². The number of piperidine rings is 2. The zero-order valence-electron chi connectivity index (χ0n) is 7.20. The van der Waals surface area contributed by atoms with E-state index in [1.54, 1.807) is 0 Å². The number of hydrogen-bond acceptors (Lipinski definition) is 2. The number of carboxylic acids is 1. The van der Waals surface area contributed by atoms with Gasteiger partial charge in [0.2, 0.25) is 0 Å². The molecule has 68 valence electrons. The minimum absolute atomic E-state index is 0.305. The number of carboxylic acid groups (broad SMARTS) is 1. The van der Waals surface area contributed by atoms with Gasteiger partial charge in [0.15, 0.2) is 0 Å². The molecule has 3 fully saturated rings. The van der Waals surface area contributed by atoms with E-state index in [9.17, 15) is 4.79 Å². The molecule has 0 aromatic rings. The standard InChI is InChI=1S/C9H15NO2/c11-9(12)1-2-10-5-7-3-8(4-7)6-10/h7-8H,1-6H2,(H,11,12). The van der Waals surface area contributed by atoms with E-state index in [4.69, 9.17) is 5.11 Å². The first kappa shape index (κ1) is 8.05. The lowest BCUT2D eigenvalue weighted by molar-refractivity contribution is -0.137. The molecule has 3 rings (SSSR count). The van der Waals surface area contributed by atoms with Gasteiger partial charge < -0.3 is 10.0 Å². The Bertz CT molecular complexity index is 177. The zero-order chi connectivity index (χ0) is 8.55. The van der Waals surface area contributed by atoms with Gasteiger partial charge in [-0.2, -0.15) is 0 Å². The monoisotopic (exact) mass is 169 g/mol. The van der Waals surface area contributed by atoms with Gasteiger partial charge in [-0.3, -0.25) is 4.79 Å². The van der Waals surface area contributed by atoms with Crippen LogP contribution in [0.15, 0.2) is 0 Å². The molecular formula is C9H15NO2. The molecule has 0 unspecified atom stereocenters. The topological polar surface area (TPSA) is 40.5 Å². The normalized spacial score (nSPS) is 34.3. The molecule has 0 aromatic carbocycles. The van der Waals surface area contributed by atoms with E-state index < -0.39 is 5.97 Å². The summed E-state index contributed by atoms with van der Waals surface area (Å²) in [6, 6.07) is 0. The highest BCUT2D eigenvalue weighted by Gasteiger charge is 2.36. The quantitative estimate of drug-likeness (QED) is 0.679. The van der Waals surface area contributed by atoms with Crippen LogP contribution in [0.25, 0.3) is 0 Å². The van der Waals surface area contributed by atoms with Crippen molar-refractivity contribution in [2.75, 3.05) is 19.6 Å². The van der Waals surface area contributed by atoms with Gasteiger partial charge in [0.05, 0.1) is 6.42 Å². The second kappa shape index (κ2) is 3.05. The van der Waals surface area contributed by atoms with Crippen molar-refractivity contribution in [3.63, 3.8) is 0 Å². The Labute approximate surface area is 72.4 Å². The van der Waals surface area contributed by atoms with Crippen molar-refractivity contribution in [3.05, 3.63) is 0 Å². The van der Waals surface area contributed by atoms with Gasteiger partial charge in [0.1, 0.15) is 0 Å². The fourth-order valence-electron chi connectivity index (χ4n) is 2.41. The number of carbonyl (C=O) groups is 1. The molecule has 1 aliphatic carbocycles. The summed E-state index contributed by atoms with van der Waals surface area (Å²) in [6.07, 6.45) is 3.09. The van der Waals surface area contributed by atoms with Crippen molar-refractivity contribution in [1.29, 1.82) is 0 Å². The van der Waals surface area contributed by atoms with Crippen LogP contribution in [0, 0.1) is 11.8 Å². The molecule has 3 aliphatic rings. The smallest absolute Gasteiger partial charge is 0.304 e. The Morgan fingerprint density at radius 2 is 1.92 bits per heavy atom. The van der Waals surface area contributed by atoms with Gasteiger partial charge in [-0.05, 0) is 24.7 Å². The maximum absolute atomic E-state index is 10.3. The van der Waals surface area contributed by atoms with Crippen molar-refractivity contribution in [3.8, 4) is 0 Å². The number of fused-ring (bicyclic) bond motifs is 2. The van der Waals surface area contributed by atoms with Gasteiger partial charge >= 0.3 is 5.97 Å². The van der Waals surface area contributed by atoms with Crippen LogP contribution in [0.3, 0.4) is 0 Å². The van der Waals surface area contributed by atoms with E-state index in [2.05, 4.69) is 4.90 Å². The van der Waals surface area contributed by atoms with Crippen molar-refractivity contribution >= 4 is 5.97 Å². The molecular weight excluding hydrogens is 154 g/mol. The number of rotatable bonds is 3. The SMILES string of the molecule is O=C(O)CCN1CC2CC(C2)C1. The molecule has 3 heteroatoms. The summed E-state index contributed by atoms with van der Waals surface area (Å²) in [5, 5.41) is 8.49. The van der Waals surface area contributed by atoms with Gasteiger partial charge in [-0.25, -0.2) is 0 Å². The Morgan fingerprint density at radius 3 is 2.42 bits per heavy atom. The summed E-state index contributed by atoms with van der Waals surface area (Å²) in [5.74, 6) is 1.10. The molecule has 3 nitrogen and oxygen atoms in total. The number of aliphatic carboxylic acids is 1. The first-order valence-electron chi connectivity index (χ1n) is 4.68. The van der Waals surface area contributed by atoms with Gasteiger partial charge in [-0.1, -0.05) is 0 Å². The molecule has 1 saturated carbocycles. The molecule has 0 spiro atoms. The van der Waals surface area contributed by atoms with E-state index in [0.29, 0.717) is 6.42 Å². The summed E-state index contributed by atoms with van der Waals surface area (Å²) in [6.45, 7) is 3.04. The average molecular weight is 169 g/mol. The lowest BCUT2D eigenvalue weighted by Crippen LogP contribution is -2.48. The maximum atomic E-state index is 10.3. The Morgan fingerprint density at radius 1 is 1.33 bits per heavy atom. The lowest BCUT2D eigenvalue weighted by atomic mass is 9.71.